The molecule has 0 aromatic heterocycles. The first-order chi connectivity index (χ1) is 10.3. The molecule has 2 atom stereocenters. The van der Waals surface area contributed by atoms with E-state index in [1.165, 1.54) is 61.9 Å². The van der Waals surface area contributed by atoms with Gasteiger partial charge < -0.3 is 10.2 Å². The number of fused-ring (bicyclic) bond motifs is 1. The first-order valence-electron chi connectivity index (χ1n) is 8.86. The maximum atomic E-state index is 3.52. The molecule has 1 aliphatic heterocycles. The fraction of sp³-hybridized carbons (Fsp3) is 0.684. The molecule has 3 rings (SSSR count). The van der Waals surface area contributed by atoms with Gasteiger partial charge in [-0.1, -0.05) is 37.5 Å². The maximum absolute atomic E-state index is 3.52. The molecule has 0 bridgehead atoms. The van der Waals surface area contributed by atoms with Gasteiger partial charge in [-0.3, -0.25) is 0 Å². The minimum atomic E-state index is 0.801. The molecule has 0 spiro atoms. The van der Waals surface area contributed by atoms with Gasteiger partial charge in [0.2, 0.25) is 0 Å². The molecule has 1 aromatic rings. The summed E-state index contributed by atoms with van der Waals surface area (Å²) in [6.07, 6.45) is 8.55. The van der Waals surface area contributed by atoms with Gasteiger partial charge in [0.1, 0.15) is 0 Å². The summed E-state index contributed by atoms with van der Waals surface area (Å²) in [5.41, 5.74) is 4.37. The van der Waals surface area contributed by atoms with Gasteiger partial charge in [-0.25, -0.2) is 0 Å². The second-order valence-electron chi connectivity index (χ2n) is 6.86. The van der Waals surface area contributed by atoms with Crippen molar-refractivity contribution in [2.45, 2.75) is 65.0 Å². The molecule has 2 fully saturated rings. The lowest BCUT2D eigenvalue weighted by Gasteiger charge is -2.46. The predicted molar refractivity (Wildman–Crippen MR) is 90.9 cm³/mol. The van der Waals surface area contributed by atoms with Crippen molar-refractivity contribution in [1.29, 1.82) is 0 Å². The zero-order chi connectivity index (χ0) is 14.7. The SMILES string of the molecule is CCNCc1cc(C)ccc1N1CCC[C@H]2CCCC[C@H]21. The van der Waals surface area contributed by atoms with Crippen LogP contribution in [-0.4, -0.2) is 19.1 Å². The number of hydrogen-bond donors (Lipinski definition) is 1. The fourth-order valence-electron chi connectivity index (χ4n) is 4.32. The first-order valence-corrected chi connectivity index (χ1v) is 8.86. The molecule has 1 N–H and O–H groups in total. The minimum absolute atomic E-state index is 0.801. The van der Waals surface area contributed by atoms with Crippen molar-refractivity contribution < 1.29 is 0 Å². The monoisotopic (exact) mass is 286 g/mol. The Morgan fingerprint density at radius 1 is 1.14 bits per heavy atom. The molecule has 1 saturated heterocycles. The van der Waals surface area contributed by atoms with E-state index in [1.807, 2.05) is 0 Å². The highest BCUT2D eigenvalue weighted by Crippen LogP contribution is 2.38. The van der Waals surface area contributed by atoms with E-state index in [-0.39, 0.29) is 0 Å². The number of piperidine rings is 1. The second kappa shape index (κ2) is 6.83. The van der Waals surface area contributed by atoms with Gasteiger partial charge in [-0.05, 0) is 56.7 Å². The zero-order valence-electron chi connectivity index (χ0n) is 13.7. The molecule has 2 heteroatoms. The van der Waals surface area contributed by atoms with E-state index < -0.39 is 0 Å². The van der Waals surface area contributed by atoms with E-state index in [0.29, 0.717) is 0 Å². The lowest BCUT2D eigenvalue weighted by atomic mass is 9.78. The molecule has 0 unspecified atom stereocenters. The van der Waals surface area contributed by atoms with Crippen LogP contribution in [0.3, 0.4) is 0 Å². The van der Waals surface area contributed by atoms with Crippen molar-refractivity contribution in [1.82, 2.24) is 5.32 Å². The molecule has 0 radical (unpaired) electrons. The van der Waals surface area contributed by atoms with E-state index in [0.717, 1.165) is 25.0 Å². The van der Waals surface area contributed by atoms with Crippen LogP contribution in [0.15, 0.2) is 18.2 Å². The predicted octanol–water partition coefficient (Wildman–Crippen LogP) is 4.26. The molecule has 116 valence electrons. The lowest BCUT2D eigenvalue weighted by molar-refractivity contribution is 0.243. The van der Waals surface area contributed by atoms with Gasteiger partial charge in [0.25, 0.3) is 0 Å². The van der Waals surface area contributed by atoms with Crippen LogP contribution in [0.2, 0.25) is 0 Å². The van der Waals surface area contributed by atoms with Crippen LogP contribution in [-0.2, 0) is 6.54 Å². The number of nitrogens with zero attached hydrogens (tertiary/aromatic N) is 1. The summed E-state index contributed by atoms with van der Waals surface area (Å²) in [5.74, 6) is 0.945. The molecule has 21 heavy (non-hydrogen) atoms. The first kappa shape index (κ1) is 14.9. The number of nitrogens with one attached hydrogen (secondary N) is 1. The molecule has 1 saturated carbocycles. The van der Waals surface area contributed by atoms with Crippen LogP contribution < -0.4 is 10.2 Å². The van der Waals surface area contributed by atoms with E-state index in [2.05, 4.69) is 42.3 Å². The Bertz CT molecular complexity index is 467. The Labute approximate surface area is 129 Å². The number of rotatable bonds is 4. The largest absolute Gasteiger partial charge is 0.368 e. The van der Waals surface area contributed by atoms with Crippen LogP contribution in [0.25, 0.3) is 0 Å². The quantitative estimate of drug-likeness (QED) is 0.889. The highest BCUT2D eigenvalue weighted by Gasteiger charge is 2.33. The second-order valence-corrected chi connectivity index (χ2v) is 6.86. The average Bonchev–Trinajstić information content (AvgIpc) is 2.52. The highest BCUT2D eigenvalue weighted by molar-refractivity contribution is 5.56. The third-order valence-electron chi connectivity index (χ3n) is 5.35. The van der Waals surface area contributed by atoms with Crippen LogP contribution in [0.5, 0.6) is 0 Å². The smallest absolute Gasteiger partial charge is 0.0414 e. The van der Waals surface area contributed by atoms with Gasteiger partial charge in [0.05, 0.1) is 0 Å². The Hall–Kier alpha value is -1.02. The normalized spacial score (nSPS) is 25.7. The van der Waals surface area contributed by atoms with Gasteiger partial charge in [-0.2, -0.15) is 0 Å². The molecule has 1 aliphatic carbocycles. The lowest BCUT2D eigenvalue weighted by Crippen LogP contribution is -2.47. The Balaban J connectivity index is 1.87. The number of anilines is 1. The van der Waals surface area contributed by atoms with Crippen LogP contribution in [0.4, 0.5) is 5.69 Å². The Kier molecular flexibility index (Phi) is 4.84. The Morgan fingerprint density at radius 3 is 2.81 bits per heavy atom. The van der Waals surface area contributed by atoms with Gasteiger partial charge in [0.15, 0.2) is 0 Å². The summed E-state index contributed by atoms with van der Waals surface area (Å²) in [7, 11) is 0. The van der Waals surface area contributed by atoms with E-state index in [9.17, 15) is 0 Å². The van der Waals surface area contributed by atoms with Gasteiger partial charge in [-0.15, -0.1) is 0 Å². The molecule has 2 nitrogen and oxygen atoms in total. The summed E-state index contributed by atoms with van der Waals surface area (Å²) in [5, 5.41) is 3.52. The maximum Gasteiger partial charge on any atom is 0.0414 e. The van der Waals surface area contributed by atoms with Crippen molar-refractivity contribution in [2.24, 2.45) is 5.92 Å². The molecule has 1 aromatic carbocycles. The van der Waals surface area contributed by atoms with Crippen molar-refractivity contribution in [3.8, 4) is 0 Å². The van der Waals surface area contributed by atoms with Crippen molar-refractivity contribution in [3.05, 3.63) is 29.3 Å². The number of hydrogen-bond acceptors (Lipinski definition) is 2. The van der Waals surface area contributed by atoms with Crippen LogP contribution in [0, 0.1) is 12.8 Å². The molecule has 1 heterocycles. The van der Waals surface area contributed by atoms with E-state index in [4.69, 9.17) is 0 Å². The average molecular weight is 286 g/mol. The molecular formula is C19H30N2. The summed E-state index contributed by atoms with van der Waals surface area (Å²) >= 11 is 0. The number of aryl methyl sites for hydroxylation is 1. The molecule has 0 amide bonds. The highest BCUT2D eigenvalue weighted by atomic mass is 15.2. The van der Waals surface area contributed by atoms with Crippen LogP contribution in [0.1, 0.15) is 56.6 Å². The third kappa shape index (κ3) is 3.26. The van der Waals surface area contributed by atoms with Crippen LogP contribution >= 0.6 is 0 Å². The minimum Gasteiger partial charge on any atom is -0.368 e. The van der Waals surface area contributed by atoms with Crippen molar-refractivity contribution in [3.63, 3.8) is 0 Å². The summed E-state index contributed by atoms with van der Waals surface area (Å²) in [6.45, 7) is 7.69. The topological polar surface area (TPSA) is 15.3 Å². The summed E-state index contributed by atoms with van der Waals surface area (Å²) in [4.78, 5) is 2.75. The van der Waals surface area contributed by atoms with Gasteiger partial charge >= 0.3 is 0 Å². The third-order valence-corrected chi connectivity index (χ3v) is 5.35. The summed E-state index contributed by atoms with van der Waals surface area (Å²) < 4.78 is 0. The van der Waals surface area contributed by atoms with Crippen molar-refractivity contribution >= 4 is 5.69 Å². The van der Waals surface area contributed by atoms with E-state index >= 15 is 0 Å². The summed E-state index contributed by atoms with van der Waals surface area (Å²) in [6, 6.07) is 7.84. The Morgan fingerprint density at radius 2 is 1.95 bits per heavy atom. The van der Waals surface area contributed by atoms with Gasteiger partial charge in [0, 0.05) is 24.8 Å². The van der Waals surface area contributed by atoms with E-state index in [1.54, 1.807) is 0 Å². The standard InChI is InChI=1S/C19H30N2/c1-3-20-14-17-13-15(2)10-11-19(17)21-12-6-8-16-7-4-5-9-18(16)21/h10-11,13,16,18,20H,3-9,12,14H2,1-2H3/t16-,18-/m1/s1. The van der Waals surface area contributed by atoms with Crippen molar-refractivity contribution in [2.75, 3.05) is 18.0 Å². The fourth-order valence-corrected chi connectivity index (χ4v) is 4.32. The number of benzene rings is 1. The zero-order valence-corrected chi connectivity index (χ0v) is 13.7. The molecular weight excluding hydrogens is 256 g/mol. The molecule has 2 aliphatic rings.